The zero-order valence-electron chi connectivity index (χ0n) is 14.5. The third-order valence-electron chi connectivity index (χ3n) is 4.26. The van der Waals surface area contributed by atoms with Gasteiger partial charge in [0.15, 0.2) is 5.11 Å². The number of benzene rings is 2. The van der Waals surface area contributed by atoms with Crippen molar-refractivity contribution >= 4 is 23.0 Å². The summed E-state index contributed by atoms with van der Waals surface area (Å²) in [5.74, 6) is 0.816. The molecule has 4 rings (SSSR count). The highest BCUT2D eigenvalue weighted by molar-refractivity contribution is 7.80. The molecule has 0 bridgehead atoms. The highest BCUT2D eigenvalue weighted by Crippen LogP contribution is 2.29. The average molecular weight is 364 g/mol. The summed E-state index contributed by atoms with van der Waals surface area (Å²) in [5, 5.41) is 12.0. The Hall–Kier alpha value is -2.86. The van der Waals surface area contributed by atoms with Gasteiger partial charge in [-0.15, -0.1) is 0 Å². The lowest BCUT2D eigenvalue weighted by Gasteiger charge is -2.09. The molecular weight excluding hydrogens is 344 g/mol. The van der Waals surface area contributed by atoms with E-state index in [1.165, 1.54) is 12.8 Å². The molecule has 1 aliphatic rings. The molecule has 0 saturated heterocycles. The molecule has 0 unspecified atom stereocenters. The quantitative estimate of drug-likeness (QED) is 0.670. The molecule has 1 heterocycles. The standard InChI is InChI=1S/C20H20N4OS/c1-25-17-11-7-14(8-12-17)19-18(22-20(26)21-15-9-10-15)13-24(23-19)16-5-3-2-4-6-16/h2-8,11-13,15H,9-10H2,1H3,(H2,21,22,26). The van der Waals surface area contributed by atoms with E-state index in [2.05, 4.69) is 10.6 Å². The highest BCUT2D eigenvalue weighted by Gasteiger charge is 2.22. The maximum absolute atomic E-state index is 5.45. The summed E-state index contributed by atoms with van der Waals surface area (Å²) in [5.41, 5.74) is 3.71. The number of ether oxygens (including phenoxy) is 1. The first-order valence-electron chi connectivity index (χ1n) is 8.60. The minimum atomic E-state index is 0.503. The number of aromatic nitrogens is 2. The van der Waals surface area contributed by atoms with Crippen LogP contribution in [0.2, 0.25) is 0 Å². The number of nitrogens with one attached hydrogen (secondary N) is 2. The van der Waals surface area contributed by atoms with Gasteiger partial charge in [-0.25, -0.2) is 4.68 Å². The maximum Gasteiger partial charge on any atom is 0.171 e. The fourth-order valence-electron chi connectivity index (χ4n) is 2.71. The number of hydrogen-bond acceptors (Lipinski definition) is 3. The number of methoxy groups -OCH3 is 1. The van der Waals surface area contributed by atoms with Crippen molar-refractivity contribution in [3.63, 3.8) is 0 Å². The zero-order valence-corrected chi connectivity index (χ0v) is 15.3. The monoisotopic (exact) mass is 364 g/mol. The largest absolute Gasteiger partial charge is 0.497 e. The Morgan fingerprint density at radius 3 is 2.50 bits per heavy atom. The van der Waals surface area contributed by atoms with Gasteiger partial charge in [-0.3, -0.25) is 0 Å². The van der Waals surface area contributed by atoms with Crippen molar-refractivity contribution in [2.75, 3.05) is 12.4 Å². The van der Waals surface area contributed by atoms with Crippen LogP contribution in [0, 0.1) is 0 Å². The molecule has 1 aliphatic carbocycles. The molecular formula is C20H20N4OS. The molecule has 0 atom stereocenters. The van der Waals surface area contributed by atoms with Gasteiger partial charge in [0, 0.05) is 11.6 Å². The maximum atomic E-state index is 5.45. The predicted molar refractivity (Wildman–Crippen MR) is 108 cm³/mol. The van der Waals surface area contributed by atoms with E-state index in [4.69, 9.17) is 22.1 Å². The average Bonchev–Trinajstić information content (AvgIpc) is 3.39. The fourth-order valence-corrected chi connectivity index (χ4v) is 2.99. The van der Waals surface area contributed by atoms with E-state index in [-0.39, 0.29) is 0 Å². The second-order valence-corrected chi connectivity index (χ2v) is 6.68. The van der Waals surface area contributed by atoms with Crippen LogP contribution < -0.4 is 15.4 Å². The predicted octanol–water partition coefficient (Wildman–Crippen LogP) is 4.00. The molecule has 1 aromatic heterocycles. The first kappa shape index (κ1) is 16.6. The van der Waals surface area contributed by atoms with E-state index in [0.717, 1.165) is 28.4 Å². The van der Waals surface area contributed by atoms with Gasteiger partial charge in [-0.2, -0.15) is 5.10 Å². The van der Waals surface area contributed by atoms with Gasteiger partial charge in [-0.1, -0.05) is 18.2 Å². The molecule has 0 amide bonds. The molecule has 2 aromatic carbocycles. The zero-order chi connectivity index (χ0) is 17.9. The van der Waals surface area contributed by atoms with Crippen LogP contribution in [0.4, 0.5) is 5.69 Å². The van der Waals surface area contributed by atoms with Gasteiger partial charge in [0.25, 0.3) is 0 Å². The van der Waals surface area contributed by atoms with Crippen LogP contribution in [0.25, 0.3) is 16.9 Å². The Kier molecular flexibility index (Phi) is 4.58. The molecule has 2 N–H and O–H groups in total. The van der Waals surface area contributed by atoms with Crippen LogP contribution in [0.5, 0.6) is 5.75 Å². The van der Waals surface area contributed by atoms with E-state index < -0.39 is 0 Å². The van der Waals surface area contributed by atoms with Crippen LogP contribution in [0.15, 0.2) is 60.8 Å². The van der Waals surface area contributed by atoms with E-state index in [9.17, 15) is 0 Å². The van der Waals surface area contributed by atoms with Crippen molar-refractivity contribution in [3.8, 4) is 22.7 Å². The summed E-state index contributed by atoms with van der Waals surface area (Å²) < 4.78 is 7.12. The van der Waals surface area contributed by atoms with Crippen molar-refractivity contribution in [2.45, 2.75) is 18.9 Å². The molecule has 0 radical (unpaired) electrons. The molecule has 132 valence electrons. The van der Waals surface area contributed by atoms with Crippen molar-refractivity contribution in [2.24, 2.45) is 0 Å². The van der Waals surface area contributed by atoms with E-state index in [1.54, 1.807) is 7.11 Å². The number of thiocarbonyl (C=S) groups is 1. The lowest BCUT2D eigenvalue weighted by atomic mass is 10.1. The van der Waals surface area contributed by atoms with Gasteiger partial charge in [0.05, 0.1) is 24.7 Å². The van der Waals surface area contributed by atoms with Gasteiger partial charge < -0.3 is 15.4 Å². The second kappa shape index (κ2) is 7.17. The normalized spacial score (nSPS) is 13.3. The third-order valence-corrected chi connectivity index (χ3v) is 4.48. The summed E-state index contributed by atoms with van der Waals surface area (Å²) in [4.78, 5) is 0. The SMILES string of the molecule is COc1ccc(-c2nn(-c3ccccc3)cc2NC(=S)NC2CC2)cc1. The Balaban J connectivity index is 1.68. The van der Waals surface area contributed by atoms with Crippen molar-refractivity contribution in [1.82, 2.24) is 15.1 Å². The molecule has 26 heavy (non-hydrogen) atoms. The topological polar surface area (TPSA) is 51.1 Å². The van der Waals surface area contributed by atoms with Crippen LogP contribution >= 0.6 is 12.2 Å². The number of hydrogen-bond donors (Lipinski definition) is 2. The lowest BCUT2D eigenvalue weighted by Crippen LogP contribution is -2.30. The molecule has 5 nitrogen and oxygen atoms in total. The Labute approximate surface area is 158 Å². The Morgan fingerprint density at radius 1 is 1.12 bits per heavy atom. The Bertz CT molecular complexity index is 901. The molecule has 3 aromatic rings. The smallest absolute Gasteiger partial charge is 0.171 e. The molecule has 0 spiro atoms. The van der Waals surface area contributed by atoms with Gasteiger partial charge >= 0.3 is 0 Å². The summed E-state index contributed by atoms with van der Waals surface area (Å²) in [6.45, 7) is 0. The van der Waals surface area contributed by atoms with E-state index >= 15 is 0 Å². The molecule has 1 fully saturated rings. The minimum absolute atomic E-state index is 0.503. The van der Waals surface area contributed by atoms with Crippen LogP contribution in [-0.4, -0.2) is 28.0 Å². The van der Waals surface area contributed by atoms with Crippen LogP contribution in [-0.2, 0) is 0 Å². The molecule has 0 aliphatic heterocycles. The van der Waals surface area contributed by atoms with Gasteiger partial charge in [0.2, 0.25) is 0 Å². The van der Waals surface area contributed by atoms with Crippen LogP contribution in [0.1, 0.15) is 12.8 Å². The summed E-state index contributed by atoms with van der Waals surface area (Å²) in [6, 6.07) is 18.4. The summed E-state index contributed by atoms with van der Waals surface area (Å²) in [7, 11) is 1.66. The van der Waals surface area contributed by atoms with Gasteiger partial charge in [0.1, 0.15) is 11.4 Å². The minimum Gasteiger partial charge on any atom is -0.497 e. The van der Waals surface area contributed by atoms with Crippen LogP contribution in [0.3, 0.4) is 0 Å². The van der Waals surface area contributed by atoms with E-state index in [1.807, 2.05) is 65.5 Å². The number of anilines is 1. The Morgan fingerprint density at radius 2 is 1.85 bits per heavy atom. The van der Waals surface area contributed by atoms with Crippen molar-refractivity contribution in [3.05, 3.63) is 60.8 Å². The number of rotatable bonds is 5. The van der Waals surface area contributed by atoms with Crippen molar-refractivity contribution in [1.29, 1.82) is 0 Å². The lowest BCUT2D eigenvalue weighted by molar-refractivity contribution is 0.415. The summed E-state index contributed by atoms with van der Waals surface area (Å²) in [6.07, 6.45) is 4.32. The van der Waals surface area contributed by atoms with Crippen molar-refractivity contribution < 1.29 is 4.74 Å². The number of para-hydroxylation sites is 1. The first-order chi connectivity index (χ1) is 12.7. The van der Waals surface area contributed by atoms with Gasteiger partial charge in [-0.05, 0) is 61.5 Å². The fraction of sp³-hybridized carbons (Fsp3) is 0.200. The number of nitrogens with zero attached hydrogens (tertiary/aromatic N) is 2. The van der Waals surface area contributed by atoms with E-state index in [0.29, 0.717) is 11.2 Å². The third kappa shape index (κ3) is 3.70. The second-order valence-electron chi connectivity index (χ2n) is 6.27. The molecule has 6 heteroatoms. The molecule has 1 saturated carbocycles. The highest BCUT2D eigenvalue weighted by atomic mass is 32.1. The first-order valence-corrected chi connectivity index (χ1v) is 9.01. The summed E-state index contributed by atoms with van der Waals surface area (Å²) >= 11 is 5.45.